The maximum atomic E-state index is 13.2. The summed E-state index contributed by atoms with van der Waals surface area (Å²) in [6.45, 7) is 7.64. The quantitative estimate of drug-likeness (QED) is 0.313. The molecule has 5 rings (SSSR count). The van der Waals surface area contributed by atoms with Crippen molar-refractivity contribution in [1.82, 2.24) is 14.8 Å². The molecule has 0 atom stereocenters. The maximum Gasteiger partial charge on any atom is 0.253 e. The lowest BCUT2D eigenvalue weighted by molar-refractivity contribution is 0.0626. The van der Waals surface area contributed by atoms with Gasteiger partial charge in [0.25, 0.3) is 5.91 Å². The number of hydrogen-bond donors (Lipinski definition) is 0. The summed E-state index contributed by atoms with van der Waals surface area (Å²) in [7, 11) is -3.61. The van der Waals surface area contributed by atoms with Crippen LogP contribution in [-0.4, -0.2) is 61.4 Å². The van der Waals surface area contributed by atoms with Gasteiger partial charge in [-0.05, 0) is 49.7 Å². The third-order valence-corrected chi connectivity index (χ3v) is 8.59. The standard InChI is InChI=1S/C31H33N3O4S/c1-23(2)38-28-10-4-3-7-27(28)21-33-17-19-34(20-18-33)31(35)26-14-12-24(13-15-26)22-39(36,37)29-11-5-8-25-9-6-16-32-30(25)29/h3-16,23H,17-22H2,1-2H3. The van der Waals surface area contributed by atoms with Crippen LogP contribution in [0.2, 0.25) is 0 Å². The molecule has 1 amide bonds. The molecule has 1 aliphatic rings. The molecular weight excluding hydrogens is 510 g/mol. The molecule has 4 aromatic rings. The van der Waals surface area contributed by atoms with Crippen molar-refractivity contribution in [3.05, 3.63) is 102 Å². The van der Waals surface area contributed by atoms with Crippen LogP contribution in [0.25, 0.3) is 10.9 Å². The highest BCUT2D eigenvalue weighted by molar-refractivity contribution is 7.90. The Bertz CT molecular complexity index is 1560. The highest BCUT2D eigenvalue weighted by Gasteiger charge is 2.24. The minimum Gasteiger partial charge on any atom is -0.491 e. The van der Waals surface area contributed by atoms with Crippen LogP contribution in [0, 0.1) is 0 Å². The monoisotopic (exact) mass is 543 g/mol. The molecule has 3 aromatic carbocycles. The average Bonchev–Trinajstić information content (AvgIpc) is 2.94. The minimum absolute atomic E-state index is 0.0362. The Kier molecular flexibility index (Phi) is 7.95. The summed E-state index contributed by atoms with van der Waals surface area (Å²) in [5, 5.41) is 0.785. The number of hydrogen-bond acceptors (Lipinski definition) is 6. The van der Waals surface area contributed by atoms with Crippen LogP contribution in [0.4, 0.5) is 0 Å². The molecule has 202 valence electrons. The fraction of sp³-hybridized carbons (Fsp3) is 0.290. The highest BCUT2D eigenvalue weighted by Crippen LogP contribution is 2.25. The number of carbonyl (C=O) groups excluding carboxylic acids is 1. The molecule has 0 saturated carbocycles. The van der Waals surface area contributed by atoms with E-state index in [9.17, 15) is 13.2 Å². The van der Waals surface area contributed by atoms with Gasteiger partial charge in [-0.3, -0.25) is 14.7 Å². The molecule has 2 heterocycles. The van der Waals surface area contributed by atoms with Gasteiger partial charge >= 0.3 is 0 Å². The van der Waals surface area contributed by atoms with Gasteiger partial charge in [0.2, 0.25) is 0 Å². The number of fused-ring (bicyclic) bond motifs is 1. The Morgan fingerprint density at radius 1 is 0.897 bits per heavy atom. The Morgan fingerprint density at radius 2 is 1.62 bits per heavy atom. The van der Waals surface area contributed by atoms with Crippen LogP contribution >= 0.6 is 0 Å². The molecule has 0 aliphatic carbocycles. The molecule has 0 N–H and O–H groups in total. The minimum atomic E-state index is -3.61. The van der Waals surface area contributed by atoms with E-state index in [2.05, 4.69) is 16.0 Å². The zero-order valence-electron chi connectivity index (χ0n) is 22.3. The second kappa shape index (κ2) is 11.6. The van der Waals surface area contributed by atoms with Crippen LogP contribution in [0.15, 0.2) is 90.0 Å². The average molecular weight is 544 g/mol. The summed E-state index contributed by atoms with van der Waals surface area (Å²) in [6, 6.07) is 23.8. The van der Waals surface area contributed by atoms with Crippen molar-refractivity contribution >= 4 is 26.6 Å². The fourth-order valence-electron chi connectivity index (χ4n) is 4.90. The molecular formula is C31H33N3O4S. The van der Waals surface area contributed by atoms with Crippen LogP contribution in [0.5, 0.6) is 5.75 Å². The van der Waals surface area contributed by atoms with Crippen LogP contribution in [-0.2, 0) is 22.1 Å². The predicted octanol–water partition coefficient (Wildman–Crippen LogP) is 4.95. The molecule has 7 nitrogen and oxygen atoms in total. The molecule has 0 spiro atoms. The van der Waals surface area contributed by atoms with Gasteiger partial charge in [-0.1, -0.05) is 48.5 Å². The number of ether oxygens (including phenoxy) is 1. The van der Waals surface area contributed by atoms with Gasteiger partial charge in [0.05, 0.1) is 22.3 Å². The normalized spacial score (nSPS) is 14.6. The molecule has 1 saturated heterocycles. The lowest BCUT2D eigenvalue weighted by Gasteiger charge is -2.35. The second-order valence-corrected chi connectivity index (χ2v) is 12.1. The molecule has 0 unspecified atom stereocenters. The van der Waals surface area contributed by atoms with Crippen molar-refractivity contribution in [3.63, 3.8) is 0 Å². The first-order valence-electron chi connectivity index (χ1n) is 13.2. The molecule has 0 radical (unpaired) electrons. The Morgan fingerprint density at radius 3 is 2.36 bits per heavy atom. The largest absolute Gasteiger partial charge is 0.491 e. The number of carbonyl (C=O) groups is 1. The molecule has 39 heavy (non-hydrogen) atoms. The Labute approximate surface area is 230 Å². The number of sulfone groups is 1. The number of rotatable bonds is 8. The van der Waals surface area contributed by atoms with Gasteiger partial charge in [0.15, 0.2) is 9.84 Å². The zero-order chi connectivity index (χ0) is 27.4. The highest BCUT2D eigenvalue weighted by atomic mass is 32.2. The van der Waals surface area contributed by atoms with E-state index in [0.717, 1.165) is 36.3 Å². The van der Waals surface area contributed by atoms with Gasteiger partial charge in [-0.15, -0.1) is 0 Å². The van der Waals surface area contributed by atoms with E-state index < -0.39 is 9.84 Å². The number of nitrogens with zero attached hydrogens (tertiary/aromatic N) is 3. The summed E-state index contributed by atoms with van der Waals surface area (Å²) in [5.41, 5.74) is 2.82. The van der Waals surface area contributed by atoms with Gasteiger partial charge in [0.1, 0.15) is 5.75 Å². The number of pyridine rings is 1. The molecule has 1 fully saturated rings. The Balaban J connectivity index is 1.20. The zero-order valence-corrected chi connectivity index (χ0v) is 23.1. The summed E-state index contributed by atoms with van der Waals surface area (Å²) in [6.07, 6.45) is 1.71. The lowest BCUT2D eigenvalue weighted by Crippen LogP contribution is -2.48. The van der Waals surface area contributed by atoms with Crippen molar-refractivity contribution in [2.24, 2.45) is 0 Å². The molecule has 0 bridgehead atoms. The van der Waals surface area contributed by atoms with E-state index in [4.69, 9.17) is 4.74 Å². The smallest absolute Gasteiger partial charge is 0.253 e. The van der Waals surface area contributed by atoms with Crippen LogP contribution in [0.1, 0.15) is 35.3 Å². The fourth-order valence-corrected chi connectivity index (χ4v) is 6.44. The van der Waals surface area contributed by atoms with Crippen molar-refractivity contribution in [3.8, 4) is 5.75 Å². The number of aromatic nitrogens is 1. The van der Waals surface area contributed by atoms with Crippen molar-refractivity contribution in [2.45, 2.75) is 37.1 Å². The van der Waals surface area contributed by atoms with Crippen LogP contribution in [0.3, 0.4) is 0 Å². The summed E-state index contributed by atoms with van der Waals surface area (Å²) >= 11 is 0. The SMILES string of the molecule is CC(C)Oc1ccccc1CN1CCN(C(=O)c2ccc(CS(=O)(=O)c3cccc4cccnc34)cc2)CC1. The maximum absolute atomic E-state index is 13.2. The first-order valence-corrected chi connectivity index (χ1v) is 14.9. The summed E-state index contributed by atoms with van der Waals surface area (Å²) in [5.74, 6) is 0.716. The van der Waals surface area contributed by atoms with Gasteiger partial charge in [-0.2, -0.15) is 0 Å². The second-order valence-electron chi connectivity index (χ2n) is 10.1. The summed E-state index contributed by atoms with van der Waals surface area (Å²) in [4.78, 5) is 21.9. The number of benzene rings is 3. The van der Waals surface area contributed by atoms with Gasteiger partial charge in [-0.25, -0.2) is 8.42 Å². The molecule has 1 aliphatic heterocycles. The van der Waals surface area contributed by atoms with Crippen molar-refractivity contribution < 1.29 is 17.9 Å². The van der Waals surface area contributed by atoms with Crippen molar-refractivity contribution in [1.29, 1.82) is 0 Å². The van der Waals surface area contributed by atoms with E-state index in [1.165, 1.54) is 0 Å². The topological polar surface area (TPSA) is 79.8 Å². The first kappa shape index (κ1) is 26.8. The van der Waals surface area contributed by atoms with Crippen LogP contribution < -0.4 is 4.74 Å². The third kappa shape index (κ3) is 6.29. The first-order chi connectivity index (χ1) is 18.8. The van der Waals surface area contributed by atoms with E-state index in [-0.39, 0.29) is 22.7 Å². The van der Waals surface area contributed by atoms with Crippen molar-refractivity contribution in [2.75, 3.05) is 26.2 Å². The molecule has 1 aromatic heterocycles. The van der Waals surface area contributed by atoms with E-state index in [1.54, 1.807) is 48.7 Å². The van der Waals surface area contributed by atoms with Gasteiger partial charge in [0, 0.05) is 55.4 Å². The van der Waals surface area contributed by atoms with E-state index in [0.29, 0.717) is 29.7 Å². The number of amides is 1. The third-order valence-electron chi connectivity index (χ3n) is 6.88. The van der Waals surface area contributed by atoms with E-state index >= 15 is 0 Å². The summed E-state index contributed by atoms with van der Waals surface area (Å²) < 4.78 is 32.3. The van der Waals surface area contributed by atoms with E-state index in [1.807, 2.05) is 49.1 Å². The predicted molar refractivity (Wildman–Crippen MR) is 152 cm³/mol. The molecule has 8 heteroatoms. The number of para-hydroxylation sites is 2. The Hall–Kier alpha value is -3.75. The van der Waals surface area contributed by atoms with Gasteiger partial charge < -0.3 is 9.64 Å². The lowest BCUT2D eigenvalue weighted by atomic mass is 10.1. The number of piperazine rings is 1.